The van der Waals surface area contributed by atoms with Crippen molar-refractivity contribution in [3.63, 3.8) is 0 Å². The molecule has 62 valence electrons. The van der Waals surface area contributed by atoms with E-state index in [1.807, 2.05) is 0 Å². The molecule has 0 aromatic rings. The van der Waals surface area contributed by atoms with E-state index in [0.717, 1.165) is 12.3 Å². The van der Waals surface area contributed by atoms with Gasteiger partial charge in [0, 0.05) is 0 Å². The highest BCUT2D eigenvalue weighted by molar-refractivity contribution is 5.15. The third-order valence-electron chi connectivity index (χ3n) is 3.05. The molecule has 2 aliphatic rings. The average Bonchev–Trinajstić information content (AvgIpc) is 2.43. The van der Waals surface area contributed by atoms with Crippen molar-refractivity contribution in [2.24, 2.45) is 22.8 Å². The first kappa shape index (κ1) is 7.32. The largest absolute Gasteiger partial charge is 0.316 e. The lowest BCUT2D eigenvalue weighted by atomic mass is 9.83. The highest BCUT2D eigenvalue weighted by atomic mass is 14.9. The summed E-state index contributed by atoms with van der Waals surface area (Å²) in [6.07, 6.45) is 9.48. The van der Waals surface area contributed by atoms with Gasteiger partial charge >= 0.3 is 0 Å². The molecule has 0 heterocycles. The molecule has 0 aromatic carbocycles. The van der Waals surface area contributed by atoms with E-state index in [-0.39, 0.29) is 6.17 Å². The second kappa shape index (κ2) is 2.32. The Morgan fingerprint density at radius 1 is 1.55 bits per heavy atom. The molecule has 1 saturated carbocycles. The quantitative estimate of drug-likeness (QED) is 0.457. The topological polar surface area (TPSA) is 52.0 Å². The van der Waals surface area contributed by atoms with E-state index in [1.165, 1.54) is 19.3 Å². The number of hydrogen-bond donors (Lipinski definition) is 2. The maximum absolute atomic E-state index is 5.60. The summed E-state index contributed by atoms with van der Waals surface area (Å²) in [7, 11) is 0. The fraction of sp³-hybridized carbons (Fsp3) is 0.778. The third kappa shape index (κ3) is 1.21. The first-order chi connectivity index (χ1) is 5.20. The Morgan fingerprint density at radius 2 is 2.36 bits per heavy atom. The van der Waals surface area contributed by atoms with E-state index in [1.54, 1.807) is 0 Å². The van der Waals surface area contributed by atoms with Gasteiger partial charge in [-0.1, -0.05) is 12.2 Å². The smallest absolute Gasteiger partial charge is 0.0529 e. The summed E-state index contributed by atoms with van der Waals surface area (Å²) < 4.78 is 0. The highest BCUT2D eigenvalue weighted by Gasteiger charge is 2.40. The molecular weight excluding hydrogens is 136 g/mol. The molecule has 0 radical (unpaired) electrons. The lowest BCUT2D eigenvalue weighted by Gasteiger charge is -2.24. The second-order valence-electron chi connectivity index (χ2n) is 4.09. The van der Waals surface area contributed by atoms with Crippen LogP contribution in [0.4, 0.5) is 0 Å². The van der Waals surface area contributed by atoms with Crippen LogP contribution < -0.4 is 11.5 Å². The predicted octanol–water partition coefficient (Wildman–Crippen LogP) is 0.976. The summed E-state index contributed by atoms with van der Waals surface area (Å²) in [5, 5.41) is 0. The van der Waals surface area contributed by atoms with Gasteiger partial charge in [0.05, 0.1) is 6.17 Å². The van der Waals surface area contributed by atoms with Crippen LogP contribution in [-0.4, -0.2) is 6.17 Å². The van der Waals surface area contributed by atoms with Gasteiger partial charge in [-0.05, 0) is 37.0 Å². The average molecular weight is 152 g/mol. The van der Waals surface area contributed by atoms with E-state index in [2.05, 4.69) is 12.2 Å². The molecule has 2 atom stereocenters. The van der Waals surface area contributed by atoms with E-state index in [0.29, 0.717) is 5.41 Å². The fourth-order valence-corrected chi connectivity index (χ4v) is 2.58. The Morgan fingerprint density at radius 3 is 2.73 bits per heavy atom. The van der Waals surface area contributed by atoms with Gasteiger partial charge in [-0.2, -0.15) is 0 Å². The summed E-state index contributed by atoms with van der Waals surface area (Å²) >= 11 is 0. The SMILES string of the molecule is NC(N)CC12C=CC(CC1)C2. The lowest BCUT2D eigenvalue weighted by molar-refractivity contribution is 0.337. The monoisotopic (exact) mass is 152 g/mol. The molecule has 0 aromatic heterocycles. The molecule has 2 unspecified atom stereocenters. The van der Waals surface area contributed by atoms with Gasteiger partial charge in [0.2, 0.25) is 0 Å². The Labute approximate surface area is 67.6 Å². The molecule has 2 nitrogen and oxygen atoms in total. The Hall–Kier alpha value is -0.340. The predicted molar refractivity (Wildman–Crippen MR) is 45.7 cm³/mol. The minimum absolute atomic E-state index is 0.128. The number of fused-ring (bicyclic) bond motifs is 2. The van der Waals surface area contributed by atoms with Crippen molar-refractivity contribution in [3.8, 4) is 0 Å². The first-order valence-electron chi connectivity index (χ1n) is 4.41. The van der Waals surface area contributed by atoms with Gasteiger partial charge in [0.15, 0.2) is 0 Å². The lowest BCUT2D eigenvalue weighted by Crippen LogP contribution is -2.35. The van der Waals surface area contributed by atoms with Crippen molar-refractivity contribution in [1.29, 1.82) is 0 Å². The molecule has 0 amide bonds. The molecule has 1 fully saturated rings. The number of allylic oxidation sites excluding steroid dienone is 2. The molecule has 2 rings (SSSR count). The first-order valence-corrected chi connectivity index (χ1v) is 4.41. The van der Waals surface area contributed by atoms with Crippen LogP contribution in [0.15, 0.2) is 12.2 Å². The molecule has 0 saturated heterocycles. The Bertz CT molecular complexity index is 186. The van der Waals surface area contributed by atoms with E-state index < -0.39 is 0 Å². The summed E-state index contributed by atoms with van der Waals surface area (Å²) in [4.78, 5) is 0. The van der Waals surface area contributed by atoms with Crippen LogP contribution in [0.5, 0.6) is 0 Å². The van der Waals surface area contributed by atoms with E-state index in [4.69, 9.17) is 11.5 Å². The Kier molecular flexibility index (Phi) is 1.55. The molecule has 0 spiro atoms. The Balaban J connectivity index is 2.06. The minimum Gasteiger partial charge on any atom is -0.316 e. The summed E-state index contributed by atoms with van der Waals surface area (Å²) in [6, 6.07) is 0. The minimum atomic E-state index is -0.128. The van der Waals surface area contributed by atoms with Crippen molar-refractivity contribution in [1.82, 2.24) is 0 Å². The van der Waals surface area contributed by atoms with Crippen LogP contribution in [0.3, 0.4) is 0 Å². The third-order valence-corrected chi connectivity index (χ3v) is 3.05. The van der Waals surface area contributed by atoms with Crippen LogP contribution >= 0.6 is 0 Å². The maximum atomic E-state index is 5.60. The normalized spacial score (nSPS) is 40.8. The van der Waals surface area contributed by atoms with E-state index >= 15 is 0 Å². The van der Waals surface area contributed by atoms with Crippen LogP contribution in [0, 0.1) is 11.3 Å². The van der Waals surface area contributed by atoms with Gasteiger partial charge in [-0.25, -0.2) is 0 Å². The summed E-state index contributed by atoms with van der Waals surface area (Å²) in [5.41, 5.74) is 11.6. The molecule has 2 bridgehead atoms. The molecule has 0 aliphatic heterocycles. The maximum Gasteiger partial charge on any atom is 0.0529 e. The standard InChI is InChI=1S/C9H16N2/c10-8(11)6-9-3-1-7(5-9)2-4-9/h1,3,7-8H,2,4-6,10-11H2. The van der Waals surface area contributed by atoms with Crippen LogP contribution in [0.1, 0.15) is 25.7 Å². The number of rotatable bonds is 2. The summed E-state index contributed by atoms with van der Waals surface area (Å²) in [5.74, 6) is 0.841. The van der Waals surface area contributed by atoms with E-state index in [9.17, 15) is 0 Å². The molecule has 2 aliphatic carbocycles. The highest BCUT2D eigenvalue weighted by Crippen LogP contribution is 2.51. The molecule has 11 heavy (non-hydrogen) atoms. The van der Waals surface area contributed by atoms with Gasteiger partial charge in [0.25, 0.3) is 0 Å². The second-order valence-corrected chi connectivity index (χ2v) is 4.09. The van der Waals surface area contributed by atoms with Crippen molar-refractivity contribution < 1.29 is 0 Å². The van der Waals surface area contributed by atoms with Crippen molar-refractivity contribution in [2.75, 3.05) is 0 Å². The van der Waals surface area contributed by atoms with Crippen LogP contribution in [0.25, 0.3) is 0 Å². The van der Waals surface area contributed by atoms with Crippen molar-refractivity contribution in [3.05, 3.63) is 12.2 Å². The van der Waals surface area contributed by atoms with Crippen molar-refractivity contribution in [2.45, 2.75) is 31.8 Å². The molecular formula is C9H16N2. The summed E-state index contributed by atoms with van der Waals surface area (Å²) in [6.45, 7) is 0. The zero-order chi connectivity index (χ0) is 7.90. The fourth-order valence-electron chi connectivity index (χ4n) is 2.58. The molecule has 4 N–H and O–H groups in total. The molecule has 2 heteroatoms. The zero-order valence-electron chi connectivity index (χ0n) is 6.79. The number of nitrogens with two attached hydrogens (primary N) is 2. The van der Waals surface area contributed by atoms with Gasteiger partial charge in [0.1, 0.15) is 0 Å². The van der Waals surface area contributed by atoms with Crippen molar-refractivity contribution >= 4 is 0 Å². The van der Waals surface area contributed by atoms with Crippen LogP contribution in [-0.2, 0) is 0 Å². The van der Waals surface area contributed by atoms with Gasteiger partial charge in [-0.15, -0.1) is 0 Å². The van der Waals surface area contributed by atoms with Gasteiger partial charge in [-0.3, -0.25) is 0 Å². The van der Waals surface area contributed by atoms with Crippen LogP contribution in [0.2, 0.25) is 0 Å². The zero-order valence-corrected chi connectivity index (χ0v) is 6.79. The van der Waals surface area contributed by atoms with Gasteiger partial charge < -0.3 is 11.5 Å². The number of hydrogen-bond acceptors (Lipinski definition) is 2.